The molecule has 0 fully saturated rings. The predicted molar refractivity (Wildman–Crippen MR) is 82.9 cm³/mol. The average molecular weight is 272 g/mol. The molecule has 108 valence electrons. The smallest absolute Gasteiger partial charge is 0.196 e. The molecule has 3 heteroatoms. The van der Waals surface area contributed by atoms with E-state index in [1.165, 1.54) is 5.56 Å². The van der Waals surface area contributed by atoms with Gasteiger partial charge in [-0.25, -0.2) is 4.98 Å². The van der Waals surface area contributed by atoms with E-state index in [1.807, 2.05) is 6.20 Å². The van der Waals surface area contributed by atoms with Gasteiger partial charge in [-0.2, -0.15) is 0 Å². The van der Waals surface area contributed by atoms with Crippen LogP contribution in [-0.2, 0) is 6.42 Å². The Labute approximate surface area is 121 Å². The summed E-state index contributed by atoms with van der Waals surface area (Å²) in [6.45, 7) is 9.56. The molecular formula is C17H24N2O. The van der Waals surface area contributed by atoms with Gasteiger partial charge in [0.25, 0.3) is 0 Å². The average Bonchev–Trinajstić information content (AvgIpc) is 2.87. The first-order chi connectivity index (χ1) is 9.56. The molecule has 1 heterocycles. The van der Waals surface area contributed by atoms with Crippen LogP contribution in [-0.4, -0.2) is 17.6 Å². The Kier molecular flexibility index (Phi) is 4.96. The lowest BCUT2D eigenvalue weighted by molar-refractivity contribution is 0.484. The lowest BCUT2D eigenvalue weighted by Gasteiger charge is -2.06. The summed E-state index contributed by atoms with van der Waals surface area (Å²) < 4.78 is 5.80. The summed E-state index contributed by atoms with van der Waals surface area (Å²) in [6.07, 6.45) is 2.64. The van der Waals surface area contributed by atoms with Crippen LogP contribution in [0.3, 0.4) is 0 Å². The van der Waals surface area contributed by atoms with Gasteiger partial charge < -0.3 is 9.73 Å². The highest BCUT2D eigenvalue weighted by Crippen LogP contribution is 2.23. The molecule has 0 saturated heterocycles. The maximum Gasteiger partial charge on any atom is 0.196 e. The van der Waals surface area contributed by atoms with E-state index in [9.17, 15) is 0 Å². The zero-order valence-electron chi connectivity index (χ0n) is 12.8. The van der Waals surface area contributed by atoms with Crippen molar-refractivity contribution < 1.29 is 4.42 Å². The van der Waals surface area contributed by atoms with Crippen molar-refractivity contribution in [2.24, 2.45) is 0 Å². The van der Waals surface area contributed by atoms with Gasteiger partial charge in [-0.15, -0.1) is 0 Å². The maximum atomic E-state index is 5.80. The molecule has 0 saturated carbocycles. The highest BCUT2D eigenvalue weighted by atomic mass is 16.4. The molecule has 0 radical (unpaired) electrons. The number of rotatable bonds is 6. The fourth-order valence-corrected chi connectivity index (χ4v) is 2.06. The Hall–Kier alpha value is -1.61. The van der Waals surface area contributed by atoms with Gasteiger partial charge in [0.2, 0.25) is 0 Å². The standard InChI is InChI=1S/C17H24N2O/c1-12(2)14-5-7-15(8-6-14)16-11-19-17(20-16)9-10-18-13(3)4/h5-8,11-13,18H,9-10H2,1-4H3. The van der Waals surface area contributed by atoms with Gasteiger partial charge in [0.15, 0.2) is 11.7 Å². The van der Waals surface area contributed by atoms with Crippen molar-refractivity contribution in [3.05, 3.63) is 41.9 Å². The molecule has 0 aliphatic rings. The van der Waals surface area contributed by atoms with Crippen LogP contribution >= 0.6 is 0 Å². The second-order valence-electron chi connectivity index (χ2n) is 5.75. The van der Waals surface area contributed by atoms with E-state index in [4.69, 9.17) is 4.42 Å². The fourth-order valence-electron chi connectivity index (χ4n) is 2.06. The number of hydrogen-bond acceptors (Lipinski definition) is 3. The summed E-state index contributed by atoms with van der Waals surface area (Å²) in [4.78, 5) is 4.34. The van der Waals surface area contributed by atoms with Crippen LogP contribution in [0.15, 0.2) is 34.9 Å². The predicted octanol–water partition coefficient (Wildman–Crippen LogP) is 4.01. The Morgan fingerprint density at radius 2 is 1.80 bits per heavy atom. The number of aromatic nitrogens is 1. The van der Waals surface area contributed by atoms with Gasteiger partial charge in [-0.05, 0) is 11.5 Å². The topological polar surface area (TPSA) is 38.1 Å². The highest BCUT2D eigenvalue weighted by Gasteiger charge is 2.07. The summed E-state index contributed by atoms with van der Waals surface area (Å²) >= 11 is 0. The van der Waals surface area contributed by atoms with Gasteiger partial charge in [0.1, 0.15) is 0 Å². The van der Waals surface area contributed by atoms with E-state index < -0.39 is 0 Å². The molecule has 1 N–H and O–H groups in total. The fraction of sp³-hybridized carbons (Fsp3) is 0.471. The van der Waals surface area contributed by atoms with Crippen LogP contribution in [0.2, 0.25) is 0 Å². The minimum absolute atomic E-state index is 0.494. The number of hydrogen-bond donors (Lipinski definition) is 1. The zero-order valence-corrected chi connectivity index (χ0v) is 12.8. The number of benzene rings is 1. The zero-order chi connectivity index (χ0) is 14.5. The van der Waals surface area contributed by atoms with Crippen molar-refractivity contribution >= 4 is 0 Å². The molecule has 1 aromatic heterocycles. The van der Waals surface area contributed by atoms with Crippen molar-refractivity contribution in [1.82, 2.24) is 10.3 Å². The van der Waals surface area contributed by atoms with Gasteiger partial charge in [0.05, 0.1) is 6.20 Å². The van der Waals surface area contributed by atoms with E-state index in [-0.39, 0.29) is 0 Å². The molecule has 0 aliphatic carbocycles. The van der Waals surface area contributed by atoms with E-state index in [2.05, 4.69) is 62.3 Å². The minimum atomic E-state index is 0.494. The Morgan fingerprint density at radius 1 is 1.10 bits per heavy atom. The summed E-state index contributed by atoms with van der Waals surface area (Å²) in [7, 11) is 0. The summed E-state index contributed by atoms with van der Waals surface area (Å²) in [6, 6.07) is 9.01. The first kappa shape index (κ1) is 14.8. The Bertz CT molecular complexity index is 526. The SMILES string of the molecule is CC(C)NCCc1ncc(-c2ccc(C(C)C)cc2)o1. The normalized spacial score (nSPS) is 11.5. The van der Waals surface area contributed by atoms with E-state index in [1.54, 1.807) is 0 Å². The summed E-state index contributed by atoms with van der Waals surface area (Å²) in [5.74, 6) is 2.19. The van der Waals surface area contributed by atoms with Crippen LogP contribution in [0.25, 0.3) is 11.3 Å². The highest BCUT2D eigenvalue weighted by molar-refractivity contribution is 5.56. The van der Waals surface area contributed by atoms with Crippen molar-refractivity contribution in [2.45, 2.75) is 46.1 Å². The lowest BCUT2D eigenvalue weighted by Crippen LogP contribution is -2.24. The maximum absolute atomic E-state index is 5.80. The van der Waals surface area contributed by atoms with Crippen molar-refractivity contribution in [2.75, 3.05) is 6.54 Å². The van der Waals surface area contributed by atoms with Gasteiger partial charge in [-0.1, -0.05) is 52.0 Å². The molecule has 0 amide bonds. The number of nitrogens with one attached hydrogen (secondary N) is 1. The van der Waals surface area contributed by atoms with E-state index in [0.717, 1.165) is 30.2 Å². The lowest BCUT2D eigenvalue weighted by atomic mass is 10.0. The molecule has 0 atom stereocenters. The Morgan fingerprint density at radius 3 is 2.40 bits per heavy atom. The molecule has 0 bridgehead atoms. The second kappa shape index (κ2) is 6.71. The van der Waals surface area contributed by atoms with Crippen LogP contribution in [0, 0.1) is 0 Å². The van der Waals surface area contributed by atoms with Crippen LogP contribution in [0.5, 0.6) is 0 Å². The molecule has 3 nitrogen and oxygen atoms in total. The molecule has 0 spiro atoms. The van der Waals surface area contributed by atoms with Crippen LogP contribution in [0.4, 0.5) is 0 Å². The third-order valence-electron chi connectivity index (χ3n) is 3.31. The van der Waals surface area contributed by atoms with Crippen LogP contribution in [0.1, 0.15) is 45.1 Å². The summed E-state index contributed by atoms with van der Waals surface area (Å²) in [5, 5.41) is 3.36. The molecule has 2 aromatic rings. The largest absolute Gasteiger partial charge is 0.441 e. The van der Waals surface area contributed by atoms with Crippen molar-refractivity contribution in [3.8, 4) is 11.3 Å². The first-order valence-electron chi connectivity index (χ1n) is 7.34. The number of oxazole rings is 1. The van der Waals surface area contributed by atoms with Gasteiger partial charge in [0, 0.05) is 24.6 Å². The molecule has 1 aromatic carbocycles. The van der Waals surface area contributed by atoms with Crippen LogP contribution < -0.4 is 5.32 Å². The monoisotopic (exact) mass is 272 g/mol. The molecular weight excluding hydrogens is 248 g/mol. The van der Waals surface area contributed by atoms with E-state index in [0.29, 0.717) is 12.0 Å². The van der Waals surface area contributed by atoms with Gasteiger partial charge >= 0.3 is 0 Å². The second-order valence-corrected chi connectivity index (χ2v) is 5.75. The summed E-state index contributed by atoms with van der Waals surface area (Å²) in [5.41, 5.74) is 2.43. The molecule has 0 unspecified atom stereocenters. The quantitative estimate of drug-likeness (QED) is 0.863. The van der Waals surface area contributed by atoms with Gasteiger partial charge in [-0.3, -0.25) is 0 Å². The minimum Gasteiger partial charge on any atom is -0.441 e. The van der Waals surface area contributed by atoms with Crippen molar-refractivity contribution in [1.29, 1.82) is 0 Å². The third-order valence-corrected chi connectivity index (χ3v) is 3.31. The number of nitrogens with zero attached hydrogens (tertiary/aromatic N) is 1. The Balaban J connectivity index is 2.01. The molecule has 2 rings (SSSR count). The third kappa shape index (κ3) is 3.94. The first-order valence-corrected chi connectivity index (χ1v) is 7.34. The molecule has 20 heavy (non-hydrogen) atoms. The molecule has 0 aliphatic heterocycles. The van der Waals surface area contributed by atoms with Crippen molar-refractivity contribution in [3.63, 3.8) is 0 Å². The van der Waals surface area contributed by atoms with E-state index >= 15 is 0 Å².